The van der Waals surface area contributed by atoms with Crippen LogP contribution in [0.2, 0.25) is 0 Å². The number of carbonyl (C=O) groups excluding carboxylic acids is 1. The highest BCUT2D eigenvalue weighted by atomic mass is 16.6. The Balaban J connectivity index is 2.55. The molecule has 0 unspecified atom stereocenters. The molecule has 0 bridgehead atoms. The smallest absolute Gasteiger partial charge is 0.419 e. The monoisotopic (exact) mass is 302 g/mol. The Morgan fingerprint density at radius 3 is 2.41 bits per heavy atom. The van der Waals surface area contributed by atoms with Gasteiger partial charge in [0.05, 0.1) is 5.52 Å². The number of ether oxygens (including phenoxy) is 1. The first kappa shape index (κ1) is 16.6. The van der Waals surface area contributed by atoms with Gasteiger partial charge in [0, 0.05) is 11.6 Å². The highest BCUT2D eigenvalue weighted by Crippen LogP contribution is 2.34. The van der Waals surface area contributed by atoms with Crippen LogP contribution in [0.1, 0.15) is 46.6 Å². The van der Waals surface area contributed by atoms with Crippen molar-refractivity contribution in [2.24, 2.45) is 5.73 Å². The van der Waals surface area contributed by atoms with Gasteiger partial charge in [0.15, 0.2) is 0 Å². The van der Waals surface area contributed by atoms with Crippen LogP contribution in [-0.2, 0) is 10.2 Å². The number of nitrogens with two attached hydrogens (primary N) is 1. The summed E-state index contributed by atoms with van der Waals surface area (Å²) >= 11 is 0. The van der Waals surface area contributed by atoms with Crippen molar-refractivity contribution in [3.05, 3.63) is 36.0 Å². The van der Waals surface area contributed by atoms with Crippen molar-refractivity contribution in [2.45, 2.75) is 52.1 Å². The Bertz CT molecular complexity index is 678. The van der Waals surface area contributed by atoms with Gasteiger partial charge in [-0.1, -0.05) is 32.0 Å². The second-order valence-corrected chi connectivity index (χ2v) is 7.33. The van der Waals surface area contributed by atoms with Crippen LogP contribution in [0.25, 0.3) is 10.9 Å². The molecule has 4 heteroatoms. The summed E-state index contributed by atoms with van der Waals surface area (Å²) in [5.41, 5.74) is 7.13. The fourth-order valence-corrected chi connectivity index (χ4v) is 2.68. The molecule has 4 nitrogen and oxygen atoms in total. The second kappa shape index (κ2) is 5.76. The molecular formula is C18H26N2O2. The van der Waals surface area contributed by atoms with Gasteiger partial charge < -0.3 is 10.5 Å². The molecule has 0 aliphatic heterocycles. The van der Waals surface area contributed by atoms with E-state index >= 15 is 0 Å². The number of aromatic nitrogens is 1. The van der Waals surface area contributed by atoms with Crippen LogP contribution in [0, 0.1) is 0 Å². The van der Waals surface area contributed by atoms with E-state index in [0.717, 1.165) is 22.9 Å². The van der Waals surface area contributed by atoms with Gasteiger partial charge in [-0.25, -0.2) is 4.79 Å². The fourth-order valence-electron chi connectivity index (χ4n) is 2.68. The third kappa shape index (κ3) is 3.33. The van der Waals surface area contributed by atoms with Crippen LogP contribution >= 0.6 is 0 Å². The average molecular weight is 302 g/mol. The Morgan fingerprint density at radius 2 is 1.82 bits per heavy atom. The average Bonchev–Trinajstić information content (AvgIpc) is 2.77. The van der Waals surface area contributed by atoms with Crippen LogP contribution in [0.3, 0.4) is 0 Å². The molecule has 0 aliphatic carbocycles. The number of carbonyl (C=O) groups is 1. The van der Waals surface area contributed by atoms with Crippen molar-refractivity contribution in [3.63, 3.8) is 0 Å². The van der Waals surface area contributed by atoms with Gasteiger partial charge in [-0.05, 0) is 50.8 Å². The first-order valence-corrected chi connectivity index (χ1v) is 7.70. The van der Waals surface area contributed by atoms with Crippen LogP contribution < -0.4 is 5.73 Å². The lowest BCUT2D eigenvalue weighted by Crippen LogP contribution is -2.27. The van der Waals surface area contributed by atoms with Crippen molar-refractivity contribution < 1.29 is 9.53 Å². The molecule has 0 saturated heterocycles. The molecule has 120 valence electrons. The molecule has 0 saturated carbocycles. The summed E-state index contributed by atoms with van der Waals surface area (Å²) in [4.78, 5) is 12.5. The lowest BCUT2D eigenvalue weighted by Gasteiger charge is -2.23. The molecule has 0 fully saturated rings. The van der Waals surface area contributed by atoms with Crippen LogP contribution in [0.15, 0.2) is 30.5 Å². The number of fused-ring (bicyclic) bond motifs is 1. The molecule has 0 atom stereocenters. The van der Waals surface area contributed by atoms with Crippen LogP contribution in [0.4, 0.5) is 4.79 Å². The summed E-state index contributed by atoms with van der Waals surface area (Å²) in [6.45, 7) is 10.5. The van der Waals surface area contributed by atoms with Gasteiger partial charge in [0.1, 0.15) is 5.60 Å². The zero-order valence-electron chi connectivity index (χ0n) is 14.1. The molecule has 0 radical (unpaired) electrons. The van der Waals surface area contributed by atoms with Crippen LogP contribution in [0.5, 0.6) is 0 Å². The van der Waals surface area contributed by atoms with Crippen molar-refractivity contribution in [1.29, 1.82) is 0 Å². The maximum absolute atomic E-state index is 12.5. The number of nitrogens with zero attached hydrogens (tertiary/aromatic N) is 1. The van der Waals surface area contributed by atoms with Gasteiger partial charge in [-0.15, -0.1) is 0 Å². The van der Waals surface area contributed by atoms with E-state index < -0.39 is 5.60 Å². The van der Waals surface area contributed by atoms with Crippen molar-refractivity contribution in [3.8, 4) is 0 Å². The number of benzene rings is 1. The Labute approximate surface area is 132 Å². The van der Waals surface area contributed by atoms with E-state index in [0.29, 0.717) is 6.54 Å². The van der Waals surface area contributed by atoms with E-state index in [-0.39, 0.29) is 11.5 Å². The van der Waals surface area contributed by atoms with E-state index in [1.807, 2.05) is 51.2 Å². The summed E-state index contributed by atoms with van der Waals surface area (Å²) in [5.74, 6) is 0. The standard InChI is InChI=1S/C18H26N2O2/c1-17(2,3)22-16(21)20-12-14(18(4,5)10-11-19)13-8-6-7-9-15(13)20/h6-9,12H,10-11,19H2,1-5H3. The van der Waals surface area contributed by atoms with Gasteiger partial charge in [0.25, 0.3) is 0 Å². The molecule has 2 rings (SSSR count). The Kier molecular flexibility index (Phi) is 4.34. The minimum absolute atomic E-state index is 0.0956. The normalized spacial score (nSPS) is 12.6. The number of rotatable bonds is 3. The van der Waals surface area contributed by atoms with Gasteiger partial charge in [-0.3, -0.25) is 4.57 Å². The molecule has 2 N–H and O–H groups in total. The molecule has 0 spiro atoms. The third-order valence-corrected chi connectivity index (χ3v) is 3.80. The summed E-state index contributed by atoms with van der Waals surface area (Å²) in [7, 11) is 0. The van der Waals surface area contributed by atoms with Crippen molar-refractivity contribution in [2.75, 3.05) is 6.54 Å². The molecule has 0 amide bonds. The van der Waals surface area contributed by atoms with Crippen molar-refractivity contribution in [1.82, 2.24) is 4.57 Å². The maximum atomic E-state index is 12.5. The number of hydrogen-bond donors (Lipinski definition) is 1. The minimum atomic E-state index is -0.518. The summed E-state index contributed by atoms with van der Waals surface area (Å²) < 4.78 is 7.12. The minimum Gasteiger partial charge on any atom is -0.443 e. The molecule has 1 aromatic heterocycles. The van der Waals surface area contributed by atoms with Crippen molar-refractivity contribution >= 4 is 17.0 Å². The molecule has 2 aromatic rings. The van der Waals surface area contributed by atoms with Gasteiger partial charge in [-0.2, -0.15) is 0 Å². The molecule has 1 heterocycles. The predicted molar refractivity (Wildman–Crippen MR) is 90.3 cm³/mol. The zero-order chi connectivity index (χ0) is 16.5. The largest absolute Gasteiger partial charge is 0.443 e. The van der Waals surface area contributed by atoms with Crippen LogP contribution in [-0.4, -0.2) is 22.8 Å². The second-order valence-electron chi connectivity index (χ2n) is 7.33. The lowest BCUT2D eigenvalue weighted by atomic mass is 9.81. The van der Waals surface area contributed by atoms with Gasteiger partial charge in [0.2, 0.25) is 0 Å². The fraction of sp³-hybridized carbons (Fsp3) is 0.500. The Morgan fingerprint density at radius 1 is 1.18 bits per heavy atom. The molecular weight excluding hydrogens is 276 g/mol. The van der Waals surface area contributed by atoms with E-state index in [2.05, 4.69) is 13.8 Å². The molecule has 1 aromatic carbocycles. The zero-order valence-corrected chi connectivity index (χ0v) is 14.1. The lowest BCUT2D eigenvalue weighted by molar-refractivity contribution is 0.0544. The van der Waals surface area contributed by atoms with E-state index in [9.17, 15) is 4.79 Å². The third-order valence-electron chi connectivity index (χ3n) is 3.80. The molecule has 22 heavy (non-hydrogen) atoms. The summed E-state index contributed by atoms with van der Waals surface area (Å²) in [6, 6.07) is 7.91. The first-order chi connectivity index (χ1) is 10.2. The highest BCUT2D eigenvalue weighted by molar-refractivity contribution is 5.92. The maximum Gasteiger partial charge on any atom is 0.419 e. The number of hydrogen-bond acceptors (Lipinski definition) is 3. The van der Waals surface area contributed by atoms with E-state index in [1.54, 1.807) is 4.57 Å². The quantitative estimate of drug-likeness (QED) is 0.930. The van der Waals surface area contributed by atoms with E-state index in [1.165, 1.54) is 0 Å². The predicted octanol–water partition coefficient (Wildman–Crippen LogP) is 4.05. The highest BCUT2D eigenvalue weighted by Gasteiger charge is 2.27. The molecule has 0 aliphatic rings. The first-order valence-electron chi connectivity index (χ1n) is 7.70. The van der Waals surface area contributed by atoms with E-state index in [4.69, 9.17) is 10.5 Å². The Hall–Kier alpha value is -1.81. The number of para-hydroxylation sites is 1. The summed E-state index contributed by atoms with van der Waals surface area (Å²) in [5, 5.41) is 1.08. The van der Waals surface area contributed by atoms with Gasteiger partial charge >= 0.3 is 6.09 Å². The SMILES string of the molecule is CC(C)(C)OC(=O)n1cc(C(C)(C)CCN)c2ccccc21. The topological polar surface area (TPSA) is 57.2 Å². The summed E-state index contributed by atoms with van der Waals surface area (Å²) in [6.07, 6.45) is 2.41.